The van der Waals surface area contributed by atoms with E-state index in [1.807, 2.05) is 0 Å². The predicted octanol–water partition coefficient (Wildman–Crippen LogP) is 0.504. The first kappa shape index (κ1) is 10.0. The molecule has 0 aromatic heterocycles. The van der Waals surface area contributed by atoms with Gasteiger partial charge < -0.3 is 5.11 Å². The van der Waals surface area contributed by atoms with Gasteiger partial charge in [-0.15, -0.1) is 0 Å². The molecule has 6 heavy (non-hydrogen) atoms. The Kier molecular flexibility index (Phi) is 9.93. The van der Waals surface area contributed by atoms with Gasteiger partial charge in [0.1, 0.15) is 0 Å². The summed E-state index contributed by atoms with van der Waals surface area (Å²) in [5.74, 6) is -0.759. The standard InChI is InChI=1S/C2H3IO2.Ag/c3-1-2(4)5;/h1H2,(H,4,5);. The van der Waals surface area contributed by atoms with Crippen LogP contribution in [-0.2, 0) is 27.2 Å². The van der Waals surface area contributed by atoms with E-state index in [-0.39, 0.29) is 26.8 Å². The number of carboxylic acids is 1. The summed E-state index contributed by atoms with van der Waals surface area (Å²) >= 11 is 1.78. The maximum Gasteiger partial charge on any atom is 0.313 e. The van der Waals surface area contributed by atoms with Gasteiger partial charge in [0.05, 0.1) is 4.43 Å². The molecule has 2 nitrogen and oxygen atoms in total. The minimum absolute atomic E-state index is 0. The van der Waals surface area contributed by atoms with Crippen molar-refractivity contribution in [2.75, 3.05) is 4.43 Å². The van der Waals surface area contributed by atoms with E-state index in [1.165, 1.54) is 0 Å². The molecule has 0 unspecified atom stereocenters. The predicted molar refractivity (Wildman–Crippen MR) is 26.5 cm³/mol. The zero-order valence-corrected chi connectivity index (χ0v) is 6.38. The van der Waals surface area contributed by atoms with Crippen molar-refractivity contribution in [1.82, 2.24) is 0 Å². The molecule has 0 atom stereocenters. The summed E-state index contributed by atoms with van der Waals surface area (Å²) in [5, 5.41) is 7.71. The normalized spacial score (nSPS) is 6.17. The quantitative estimate of drug-likeness (QED) is 0.434. The fourth-order valence-corrected chi connectivity index (χ4v) is 0. The second kappa shape index (κ2) is 5.94. The Bertz CT molecular complexity index is 46.8. The number of carboxylic acid groups (broad SMARTS) is 1. The van der Waals surface area contributed by atoms with Gasteiger partial charge in [0.2, 0.25) is 0 Å². The molecule has 0 aliphatic rings. The van der Waals surface area contributed by atoms with E-state index in [4.69, 9.17) is 5.11 Å². The second-order valence-electron chi connectivity index (χ2n) is 0.527. The van der Waals surface area contributed by atoms with Gasteiger partial charge >= 0.3 is 5.97 Å². The largest absolute Gasteiger partial charge is 0.481 e. The van der Waals surface area contributed by atoms with Crippen molar-refractivity contribution in [3.05, 3.63) is 0 Å². The fourth-order valence-electron chi connectivity index (χ4n) is 0. The monoisotopic (exact) mass is 293 g/mol. The summed E-state index contributed by atoms with van der Waals surface area (Å²) < 4.78 is 0.192. The Morgan fingerprint density at radius 1 is 1.83 bits per heavy atom. The molecule has 1 radical (unpaired) electrons. The molecule has 0 aliphatic heterocycles. The third-order valence-electron chi connectivity index (χ3n) is 0.114. The van der Waals surface area contributed by atoms with Crippen LogP contribution in [0.5, 0.6) is 0 Å². The SMILES string of the molecule is O=C(O)CI.[Ag]. The fraction of sp³-hybridized carbons (Fsp3) is 0.500. The van der Waals surface area contributed by atoms with Crippen molar-refractivity contribution in [2.45, 2.75) is 0 Å². The van der Waals surface area contributed by atoms with Gasteiger partial charge in [-0.05, 0) is 0 Å². The van der Waals surface area contributed by atoms with Gasteiger partial charge in [-0.3, -0.25) is 4.79 Å². The average Bonchev–Trinajstić information content (AvgIpc) is 1.38. The molecular weight excluding hydrogens is 291 g/mol. The molecule has 0 heterocycles. The van der Waals surface area contributed by atoms with Crippen LogP contribution >= 0.6 is 22.6 Å². The molecule has 0 rings (SSSR count). The molecule has 0 fully saturated rings. The summed E-state index contributed by atoms with van der Waals surface area (Å²) in [5.41, 5.74) is 0. The molecule has 0 aromatic carbocycles. The maximum absolute atomic E-state index is 9.36. The van der Waals surface area contributed by atoms with E-state index in [1.54, 1.807) is 22.6 Å². The van der Waals surface area contributed by atoms with Crippen LogP contribution in [0.4, 0.5) is 0 Å². The molecule has 0 saturated carbocycles. The minimum atomic E-state index is -0.759. The van der Waals surface area contributed by atoms with Crippen LogP contribution in [0.1, 0.15) is 0 Å². The van der Waals surface area contributed by atoms with Crippen LogP contribution in [0.2, 0.25) is 0 Å². The van der Waals surface area contributed by atoms with Crippen molar-refractivity contribution in [3.8, 4) is 0 Å². The van der Waals surface area contributed by atoms with Crippen LogP contribution in [0.15, 0.2) is 0 Å². The Labute approximate surface area is 65.0 Å². The number of rotatable bonds is 1. The van der Waals surface area contributed by atoms with E-state index in [2.05, 4.69) is 0 Å². The molecule has 41 valence electrons. The zero-order valence-electron chi connectivity index (χ0n) is 2.74. The second-order valence-corrected chi connectivity index (χ2v) is 1.29. The number of carbonyl (C=O) groups is 1. The van der Waals surface area contributed by atoms with Crippen molar-refractivity contribution in [2.24, 2.45) is 0 Å². The molecule has 0 aliphatic carbocycles. The van der Waals surface area contributed by atoms with Crippen molar-refractivity contribution >= 4 is 28.6 Å². The number of halogens is 1. The van der Waals surface area contributed by atoms with E-state index in [0.717, 1.165) is 0 Å². The Hall–Kier alpha value is 0.940. The topological polar surface area (TPSA) is 37.3 Å². The number of aliphatic carboxylic acids is 1. The summed E-state index contributed by atoms with van der Waals surface area (Å²) in [4.78, 5) is 9.36. The first-order valence-corrected chi connectivity index (χ1v) is 2.57. The number of alkyl halides is 1. The molecule has 0 bridgehead atoms. The zero-order chi connectivity index (χ0) is 4.28. The molecule has 0 saturated heterocycles. The third-order valence-corrected chi connectivity index (χ3v) is 0.767. The van der Waals surface area contributed by atoms with Crippen LogP contribution in [0.3, 0.4) is 0 Å². The van der Waals surface area contributed by atoms with Crippen LogP contribution < -0.4 is 0 Å². The summed E-state index contributed by atoms with van der Waals surface area (Å²) in [6.07, 6.45) is 0. The molecule has 0 amide bonds. The molecule has 4 heteroatoms. The van der Waals surface area contributed by atoms with Gasteiger partial charge in [0.15, 0.2) is 0 Å². The van der Waals surface area contributed by atoms with E-state index < -0.39 is 5.97 Å². The number of hydrogen-bond donors (Lipinski definition) is 1. The molecular formula is C2H3AgIO2. The molecule has 0 spiro atoms. The van der Waals surface area contributed by atoms with E-state index >= 15 is 0 Å². The van der Waals surface area contributed by atoms with Gasteiger partial charge in [0, 0.05) is 22.4 Å². The van der Waals surface area contributed by atoms with Gasteiger partial charge in [-0.25, -0.2) is 0 Å². The van der Waals surface area contributed by atoms with Gasteiger partial charge in [-0.1, -0.05) is 22.6 Å². The summed E-state index contributed by atoms with van der Waals surface area (Å²) in [6.45, 7) is 0. The van der Waals surface area contributed by atoms with Crippen LogP contribution in [0, 0.1) is 0 Å². The third kappa shape index (κ3) is 8.87. The minimum Gasteiger partial charge on any atom is -0.481 e. The summed E-state index contributed by atoms with van der Waals surface area (Å²) in [7, 11) is 0. The maximum atomic E-state index is 9.36. The first-order valence-electron chi connectivity index (χ1n) is 1.05. The van der Waals surface area contributed by atoms with Crippen LogP contribution in [0.25, 0.3) is 0 Å². The smallest absolute Gasteiger partial charge is 0.313 e. The molecule has 1 N–H and O–H groups in total. The summed E-state index contributed by atoms with van der Waals surface area (Å²) in [6, 6.07) is 0. The first-order chi connectivity index (χ1) is 2.27. The Morgan fingerprint density at radius 2 is 2.00 bits per heavy atom. The van der Waals surface area contributed by atoms with Crippen molar-refractivity contribution < 1.29 is 32.3 Å². The Balaban J connectivity index is 0. The molecule has 0 aromatic rings. The van der Waals surface area contributed by atoms with Gasteiger partial charge in [-0.2, -0.15) is 0 Å². The van der Waals surface area contributed by atoms with Crippen LogP contribution in [-0.4, -0.2) is 15.5 Å². The average molecular weight is 294 g/mol. The van der Waals surface area contributed by atoms with Crippen molar-refractivity contribution in [3.63, 3.8) is 0 Å². The van der Waals surface area contributed by atoms with Crippen molar-refractivity contribution in [1.29, 1.82) is 0 Å². The number of hydrogen-bond acceptors (Lipinski definition) is 1. The van der Waals surface area contributed by atoms with Gasteiger partial charge in [0.25, 0.3) is 0 Å². The van der Waals surface area contributed by atoms with E-state index in [9.17, 15) is 4.79 Å². The van der Waals surface area contributed by atoms with E-state index in [0.29, 0.717) is 0 Å². The Morgan fingerprint density at radius 3 is 2.00 bits per heavy atom.